The Bertz CT molecular complexity index is 555. The van der Waals surface area contributed by atoms with Crippen LogP contribution in [0.2, 0.25) is 0 Å². The molecule has 0 amide bonds. The van der Waals surface area contributed by atoms with Crippen LogP contribution in [0.15, 0.2) is 18.2 Å². The van der Waals surface area contributed by atoms with E-state index in [9.17, 15) is 0 Å². The smallest absolute Gasteiger partial charge is 0.125 e. The van der Waals surface area contributed by atoms with E-state index in [1.807, 2.05) is 0 Å². The third-order valence-electron chi connectivity index (χ3n) is 3.75. The summed E-state index contributed by atoms with van der Waals surface area (Å²) in [6.45, 7) is 4.39. The molecule has 0 aliphatic heterocycles. The first-order valence-electron chi connectivity index (χ1n) is 6.24. The summed E-state index contributed by atoms with van der Waals surface area (Å²) in [5, 5.41) is 0. The average molecular weight is 249 g/mol. The summed E-state index contributed by atoms with van der Waals surface area (Å²) in [6.07, 6.45) is 2.68. The summed E-state index contributed by atoms with van der Waals surface area (Å²) in [7, 11) is 0. The highest BCUT2D eigenvalue weighted by Gasteiger charge is 2.31. The summed E-state index contributed by atoms with van der Waals surface area (Å²) >= 11 is 6.03. The van der Waals surface area contributed by atoms with Crippen LogP contribution in [0.1, 0.15) is 37.2 Å². The van der Waals surface area contributed by atoms with E-state index in [0.717, 1.165) is 17.3 Å². The lowest BCUT2D eigenvalue weighted by Crippen LogP contribution is -2.10. The zero-order valence-corrected chi connectivity index (χ0v) is 11.0. The van der Waals surface area contributed by atoms with E-state index in [1.165, 1.54) is 23.9 Å². The van der Waals surface area contributed by atoms with Crippen molar-refractivity contribution in [2.24, 2.45) is 5.92 Å². The molecule has 2 nitrogen and oxygen atoms in total. The largest absolute Gasteiger partial charge is 0.324 e. The fourth-order valence-corrected chi connectivity index (χ4v) is 2.79. The second kappa shape index (κ2) is 4.02. The molecule has 1 aliphatic carbocycles. The van der Waals surface area contributed by atoms with Crippen molar-refractivity contribution in [2.75, 3.05) is 0 Å². The van der Waals surface area contributed by atoms with E-state index in [4.69, 9.17) is 11.6 Å². The van der Waals surface area contributed by atoms with Crippen molar-refractivity contribution in [1.82, 2.24) is 9.55 Å². The van der Waals surface area contributed by atoms with Crippen LogP contribution in [0.25, 0.3) is 11.0 Å². The maximum atomic E-state index is 6.03. The van der Waals surface area contributed by atoms with Gasteiger partial charge in [0.25, 0.3) is 0 Å². The molecule has 1 aromatic carbocycles. The second-order valence-electron chi connectivity index (χ2n) is 5.10. The molecule has 1 unspecified atom stereocenters. The van der Waals surface area contributed by atoms with Crippen molar-refractivity contribution in [1.29, 1.82) is 0 Å². The predicted octanol–water partition coefficient (Wildman–Crippen LogP) is 4.05. The zero-order valence-electron chi connectivity index (χ0n) is 10.3. The van der Waals surface area contributed by atoms with Gasteiger partial charge in [0, 0.05) is 6.04 Å². The van der Waals surface area contributed by atoms with Crippen molar-refractivity contribution in [2.45, 2.75) is 38.6 Å². The number of hydrogen-bond donors (Lipinski definition) is 0. The molecule has 1 fully saturated rings. The van der Waals surface area contributed by atoms with Gasteiger partial charge in [-0.1, -0.05) is 6.07 Å². The van der Waals surface area contributed by atoms with Gasteiger partial charge < -0.3 is 4.57 Å². The van der Waals surface area contributed by atoms with Gasteiger partial charge in [0.1, 0.15) is 5.82 Å². The van der Waals surface area contributed by atoms with Crippen LogP contribution in [0.5, 0.6) is 0 Å². The van der Waals surface area contributed by atoms with E-state index in [0.29, 0.717) is 11.9 Å². The van der Waals surface area contributed by atoms with Crippen molar-refractivity contribution < 1.29 is 0 Å². The molecular weight excluding hydrogens is 232 g/mol. The van der Waals surface area contributed by atoms with E-state index in [1.54, 1.807) is 0 Å². The van der Waals surface area contributed by atoms with Crippen LogP contribution in [0, 0.1) is 12.8 Å². The lowest BCUT2D eigenvalue weighted by molar-refractivity contribution is 0.486. The van der Waals surface area contributed by atoms with Gasteiger partial charge in [-0.2, -0.15) is 0 Å². The molecule has 1 aliphatic rings. The summed E-state index contributed by atoms with van der Waals surface area (Å²) in [5.74, 6) is 2.31. The van der Waals surface area contributed by atoms with Gasteiger partial charge in [0.2, 0.25) is 0 Å². The van der Waals surface area contributed by atoms with Gasteiger partial charge in [-0.15, -0.1) is 11.6 Å². The lowest BCUT2D eigenvalue weighted by Gasteiger charge is -2.16. The van der Waals surface area contributed by atoms with Crippen LogP contribution in [0.3, 0.4) is 0 Å². The molecule has 0 radical (unpaired) electrons. The SMILES string of the molecule is Cc1ccc2c(c1)nc(CCl)n2C(C)C1CC1. The van der Waals surface area contributed by atoms with Crippen LogP contribution in [-0.2, 0) is 5.88 Å². The topological polar surface area (TPSA) is 17.8 Å². The minimum absolute atomic E-state index is 0.491. The van der Waals surface area contributed by atoms with Gasteiger partial charge in [-0.25, -0.2) is 4.98 Å². The first-order valence-corrected chi connectivity index (χ1v) is 6.77. The summed E-state index contributed by atoms with van der Waals surface area (Å²) < 4.78 is 2.33. The minimum Gasteiger partial charge on any atom is -0.324 e. The number of alkyl halides is 1. The normalized spacial score (nSPS) is 17.6. The number of nitrogens with zero attached hydrogens (tertiary/aromatic N) is 2. The molecule has 1 saturated carbocycles. The van der Waals surface area contributed by atoms with Gasteiger partial charge >= 0.3 is 0 Å². The first kappa shape index (κ1) is 11.1. The maximum absolute atomic E-state index is 6.03. The number of imidazole rings is 1. The molecule has 2 aromatic rings. The van der Waals surface area contributed by atoms with E-state index < -0.39 is 0 Å². The fourth-order valence-electron chi connectivity index (χ4n) is 2.60. The molecule has 1 atom stereocenters. The molecule has 0 spiro atoms. The lowest BCUT2D eigenvalue weighted by atomic mass is 10.2. The van der Waals surface area contributed by atoms with Crippen LogP contribution in [0.4, 0.5) is 0 Å². The first-order chi connectivity index (χ1) is 8.20. The summed E-state index contributed by atoms with van der Waals surface area (Å²) in [5.41, 5.74) is 3.56. The van der Waals surface area contributed by atoms with Gasteiger partial charge in [0.15, 0.2) is 0 Å². The number of hydrogen-bond acceptors (Lipinski definition) is 1. The number of fused-ring (bicyclic) bond motifs is 1. The van der Waals surface area contributed by atoms with E-state index >= 15 is 0 Å². The fraction of sp³-hybridized carbons (Fsp3) is 0.500. The maximum Gasteiger partial charge on any atom is 0.125 e. The van der Waals surface area contributed by atoms with Gasteiger partial charge in [-0.05, 0) is 50.3 Å². The Hall–Kier alpha value is -1.02. The van der Waals surface area contributed by atoms with Crippen LogP contribution in [-0.4, -0.2) is 9.55 Å². The number of benzene rings is 1. The number of rotatable bonds is 3. The molecule has 0 bridgehead atoms. The molecule has 3 heteroatoms. The quantitative estimate of drug-likeness (QED) is 0.750. The Morgan fingerprint density at radius 3 is 2.88 bits per heavy atom. The minimum atomic E-state index is 0.491. The van der Waals surface area contributed by atoms with Gasteiger partial charge in [0.05, 0.1) is 16.9 Å². The Kier molecular flexibility index (Phi) is 2.62. The molecule has 3 rings (SSSR count). The van der Waals surface area contributed by atoms with Crippen molar-refractivity contribution in [3.05, 3.63) is 29.6 Å². The average Bonchev–Trinajstić information content (AvgIpc) is 3.09. The van der Waals surface area contributed by atoms with Crippen molar-refractivity contribution in [3.8, 4) is 0 Å². The van der Waals surface area contributed by atoms with Gasteiger partial charge in [-0.3, -0.25) is 0 Å². The Balaban J connectivity index is 2.18. The van der Waals surface area contributed by atoms with Crippen LogP contribution >= 0.6 is 11.6 Å². The summed E-state index contributed by atoms with van der Waals surface area (Å²) in [6, 6.07) is 6.99. The summed E-state index contributed by atoms with van der Waals surface area (Å²) in [4.78, 5) is 4.65. The number of halogens is 1. The second-order valence-corrected chi connectivity index (χ2v) is 5.37. The molecule has 0 saturated heterocycles. The predicted molar refractivity (Wildman–Crippen MR) is 71.5 cm³/mol. The Labute approximate surface area is 107 Å². The monoisotopic (exact) mass is 248 g/mol. The third kappa shape index (κ3) is 1.85. The molecule has 1 aromatic heterocycles. The highest BCUT2D eigenvalue weighted by Crippen LogP contribution is 2.41. The molecule has 1 heterocycles. The molecule has 17 heavy (non-hydrogen) atoms. The van der Waals surface area contributed by atoms with Crippen LogP contribution < -0.4 is 0 Å². The van der Waals surface area contributed by atoms with Crippen molar-refractivity contribution >= 4 is 22.6 Å². The Morgan fingerprint density at radius 1 is 1.47 bits per heavy atom. The molecular formula is C14H17ClN2. The highest BCUT2D eigenvalue weighted by atomic mass is 35.5. The Morgan fingerprint density at radius 2 is 2.24 bits per heavy atom. The third-order valence-corrected chi connectivity index (χ3v) is 3.99. The highest BCUT2D eigenvalue weighted by molar-refractivity contribution is 6.16. The molecule has 0 N–H and O–H groups in total. The van der Waals surface area contributed by atoms with E-state index in [2.05, 4.69) is 41.6 Å². The number of aromatic nitrogens is 2. The molecule has 90 valence electrons. The zero-order chi connectivity index (χ0) is 12.0. The van der Waals surface area contributed by atoms with Crippen molar-refractivity contribution in [3.63, 3.8) is 0 Å². The number of aryl methyl sites for hydroxylation is 1. The standard InChI is InChI=1S/C14H17ClN2/c1-9-3-6-13-12(7-9)16-14(8-15)17(13)10(2)11-4-5-11/h3,6-7,10-11H,4-5,8H2,1-2H3. The van der Waals surface area contributed by atoms with E-state index in [-0.39, 0.29) is 0 Å².